The van der Waals surface area contributed by atoms with Crippen molar-refractivity contribution in [1.29, 1.82) is 0 Å². The summed E-state index contributed by atoms with van der Waals surface area (Å²) in [7, 11) is 1.67. The van der Waals surface area contributed by atoms with Crippen LogP contribution < -0.4 is 4.74 Å². The summed E-state index contributed by atoms with van der Waals surface area (Å²) in [4.78, 5) is 19.6. The molecule has 2 aromatic heterocycles. The lowest BCUT2D eigenvalue weighted by molar-refractivity contribution is 0.0728. The van der Waals surface area contributed by atoms with Crippen LogP contribution in [0.3, 0.4) is 0 Å². The third-order valence-electron chi connectivity index (χ3n) is 5.17. The zero-order valence-electron chi connectivity index (χ0n) is 15.6. The van der Waals surface area contributed by atoms with Crippen molar-refractivity contribution in [3.8, 4) is 5.75 Å². The largest absolute Gasteiger partial charge is 0.497 e. The van der Waals surface area contributed by atoms with Crippen LogP contribution in [0.15, 0.2) is 47.3 Å². The van der Waals surface area contributed by atoms with Gasteiger partial charge in [-0.05, 0) is 48.9 Å². The number of thiophene rings is 1. The Hall–Kier alpha value is -2.60. The highest BCUT2D eigenvalue weighted by atomic mass is 32.1. The second kappa shape index (κ2) is 7.56. The van der Waals surface area contributed by atoms with Gasteiger partial charge in [-0.3, -0.25) is 4.79 Å². The smallest absolute Gasteiger partial charge is 0.255 e. The highest BCUT2D eigenvalue weighted by molar-refractivity contribution is 7.08. The Kier molecular flexibility index (Phi) is 4.99. The summed E-state index contributed by atoms with van der Waals surface area (Å²) >= 11 is 1.56. The molecule has 1 unspecified atom stereocenters. The molecule has 1 aliphatic heterocycles. The topological polar surface area (TPSA) is 47.4 Å². The molecule has 1 atom stereocenters. The van der Waals surface area contributed by atoms with Crippen molar-refractivity contribution in [3.05, 3.63) is 69.9 Å². The van der Waals surface area contributed by atoms with Gasteiger partial charge in [0.2, 0.25) is 0 Å². The number of imidazole rings is 1. The van der Waals surface area contributed by atoms with Gasteiger partial charge in [-0.15, -0.1) is 0 Å². The molecule has 1 fully saturated rings. The van der Waals surface area contributed by atoms with Crippen molar-refractivity contribution in [1.82, 2.24) is 14.5 Å². The number of aromatic nitrogens is 2. The van der Waals surface area contributed by atoms with Gasteiger partial charge in [0.15, 0.2) is 0 Å². The van der Waals surface area contributed by atoms with Crippen LogP contribution in [0.5, 0.6) is 5.75 Å². The molecule has 27 heavy (non-hydrogen) atoms. The molecule has 140 valence electrons. The van der Waals surface area contributed by atoms with E-state index in [1.54, 1.807) is 18.4 Å². The Balaban J connectivity index is 1.61. The third kappa shape index (κ3) is 3.49. The number of carbonyl (C=O) groups excluding carboxylic acids is 1. The molecule has 0 saturated carbocycles. The van der Waals surface area contributed by atoms with E-state index < -0.39 is 0 Å². The zero-order valence-corrected chi connectivity index (χ0v) is 16.4. The lowest BCUT2D eigenvalue weighted by atomic mass is 10.1. The Labute approximate surface area is 163 Å². The Morgan fingerprint density at radius 1 is 1.30 bits per heavy atom. The average Bonchev–Trinajstić information content (AvgIpc) is 3.44. The highest BCUT2D eigenvalue weighted by Crippen LogP contribution is 2.33. The summed E-state index contributed by atoms with van der Waals surface area (Å²) in [6.45, 7) is 3.59. The molecule has 0 aliphatic carbocycles. The fourth-order valence-corrected chi connectivity index (χ4v) is 4.32. The molecule has 4 rings (SSSR count). The Morgan fingerprint density at radius 2 is 2.11 bits per heavy atom. The molecule has 0 radical (unpaired) electrons. The number of carbonyl (C=O) groups is 1. The van der Waals surface area contributed by atoms with Gasteiger partial charge < -0.3 is 14.2 Å². The van der Waals surface area contributed by atoms with Gasteiger partial charge in [0.05, 0.1) is 18.7 Å². The molecule has 0 N–H and O–H groups in total. The van der Waals surface area contributed by atoms with Gasteiger partial charge in [0, 0.05) is 30.4 Å². The monoisotopic (exact) mass is 381 g/mol. The fraction of sp³-hybridized carbons (Fsp3) is 0.333. The molecule has 6 heteroatoms. The van der Waals surface area contributed by atoms with Gasteiger partial charge >= 0.3 is 0 Å². The maximum Gasteiger partial charge on any atom is 0.255 e. The van der Waals surface area contributed by atoms with Crippen LogP contribution in [0.2, 0.25) is 0 Å². The molecule has 1 saturated heterocycles. The van der Waals surface area contributed by atoms with E-state index in [1.165, 1.54) is 5.56 Å². The van der Waals surface area contributed by atoms with E-state index in [1.807, 2.05) is 40.1 Å². The van der Waals surface area contributed by atoms with E-state index in [4.69, 9.17) is 4.74 Å². The maximum absolute atomic E-state index is 12.9. The first kappa shape index (κ1) is 17.8. The lowest BCUT2D eigenvalue weighted by Gasteiger charge is -2.25. The molecule has 3 aromatic rings. The van der Waals surface area contributed by atoms with Crippen molar-refractivity contribution in [2.75, 3.05) is 13.7 Å². The van der Waals surface area contributed by atoms with Gasteiger partial charge in [-0.25, -0.2) is 4.98 Å². The average molecular weight is 382 g/mol. The number of likely N-dealkylation sites (tertiary alicyclic amines) is 1. The standard InChI is InChI=1S/C21H23N3O2S/c1-15-12-22-20(24(15)13-16-5-7-18(26-2)8-6-16)19-4-3-10-23(19)21(25)17-9-11-27-14-17/h5-9,11-12,14,19H,3-4,10,13H2,1-2H3. The summed E-state index contributed by atoms with van der Waals surface area (Å²) in [5, 5.41) is 3.87. The molecule has 1 aromatic carbocycles. The van der Waals surface area contributed by atoms with Crippen molar-refractivity contribution in [2.24, 2.45) is 0 Å². The number of benzene rings is 1. The van der Waals surface area contributed by atoms with Crippen LogP contribution in [0, 0.1) is 6.92 Å². The minimum Gasteiger partial charge on any atom is -0.497 e. The first-order valence-electron chi connectivity index (χ1n) is 9.15. The quantitative estimate of drug-likeness (QED) is 0.662. The van der Waals surface area contributed by atoms with Crippen molar-refractivity contribution < 1.29 is 9.53 Å². The number of amides is 1. The van der Waals surface area contributed by atoms with Crippen LogP contribution >= 0.6 is 11.3 Å². The first-order valence-corrected chi connectivity index (χ1v) is 10.1. The Bertz CT molecular complexity index is 916. The summed E-state index contributed by atoms with van der Waals surface area (Å²) in [6.07, 6.45) is 3.87. The van der Waals surface area contributed by atoms with Crippen LogP contribution in [0.25, 0.3) is 0 Å². The molecule has 0 spiro atoms. The van der Waals surface area contributed by atoms with Crippen LogP contribution in [-0.4, -0.2) is 34.0 Å². The summed E-state index contributed by atoms with van der Waals surface area (Å²) in [5.74, 6) is 1.93. The molecule has 3 heterocycles. The van der Waals surface area contributed by atoms with E-state index >= 15 is 0 Å². The molecule has 5 nitrogen and oxygen atoms in total. The van der Waals surface area contributed by atoms with Crippen LogP contribution in [0.4, 0.5) is 0 Å². The number of methoxy groups -OCH3 is 1. The second-order valence-corrected chi connectivity index (χ2v) is 7.64. The normalized spacial score (nSPS) is 16.7. The minimum atomic E-state index is 0.0318. The predicted molar refractivity (Wildman–Crippen MR) is 106 cm³/mol. The van der Waals surface area contributed by atoms with Crippen molar-refractivity contribution >= 4 is 17.2 Å². The number of aryl methyl sites for hydroxylation is 1. The molecule has 0 bridgehead atoms. The molecular weight excluding hydrogens is 358 g/mol. The molecule has 1 aliphatic rings. The van der Waals surface area contributed by atoms with Crippen molar-refractivity contribution in [2.45, 2.75) is 32.4 Å². The van der Waals surface area contributed by atoms with Gasteiger partial charge in [-0.2, -0.15) is 11.3 Å². The van der Waals surface area contributed by atoms with Gasteiger partial charge in [0.1, 0.15) is 11.6 Å². The van der Waals surface area contributed by atoms with E-state index in [2.05, 4.69) is 28.6 Å². The van der Waals surface area contributed by atoms with E-state index in [0.29, 0.717) is 0 Å². The SMILES string of the molecule is COc1ccc(Cn2c(C)cnc2C2CCCN2C(=O)c2ccsc2)cc1. The lowest BCUT2D eigenvalue weighted by Crippen LogP contribution is -2.32. The number of hydrogen-bond acceptors (Lipinski definition) is 4. The zero-order chi connectivity index (χ0) is 18.8. The summed E-state index contributed by atoms with van der Waals surface area (Å²) in [6, 6.07) is 10.0. The minimum absolute atomic E-state index is 0.0318. The van der Waals surface area contributed by atoms with Gasteiger partial charge in [0.25, 0.3) is 5.91 Å². The summed E-state index contributed by atoms with van der Waals surface area (Å²) in [5.41, 5.74) is 3.07. The predicted octanol–water partition coefficient (Wildman–Crippen LogP) is 4.29. The molecular formula is C21H23N3O2S. The fourth-order valence-electron chi connectivity index (χ4n) is 3.69. The second-order valence-electron chi connectivity index (χ2n) is 6.86. The number of rotatable bonds is 5. The molecule has 1 amide bonds. The third-order valence-corrected chi connectivity index (χ3v) is 5.85. The Morgan fingerprint density at radius 3 is 2.81 bits per heavy atom. The summed E-state index contributed by atoms with van der Waals surface area (Å²) < 4.78 is 7.47. The number of ether oxygens (including phenoxy) is 1. The van der Waals surface area contributed by atoms with Crippen LogP contribution in [0.1, 0.15) is 46.3 Å². The van der Waals surface area contributed by atoms with Gasteiger partial charge in [-0.1, -0.05) is 12.1 Å². The number of nitrogens with zero attached hydrogens (tertiary/aromatic N) is 3. The van der Waals surface area contributed by atoms with E-state index in [-0.39, 0.29) is 11.9 Å². The van der Waals surface area contributed by atoms with E-state index in [0.717, 1.165) is 48.8 Å². The van der Waals surface area contributed by atoms with Crippen molar-refractivity contribution in [3.63, 3.8) is 0 Å². The highest BCUT2D eigenvalue weighted by Gasteiger charge is 2.33. The first-order chi connectivity index (χ1) is 13.2. The van der Waals surface area contributed by atoms with E-state index in [9.17, 15) is 4.79 Å². The number of hydrogen-bond donors (Lipinski definition) is 0. The maximum atomic E-state index is 12.9. The van der Waals surface area contributed by atoms with Crippen LogP contribution in [-0.2, 0) is 6.54 Å².